The third-order valence-electron chi connectivity index (χ3n) is 3.18. The number of nitrogen functional groups attached to an aromatic ring is 1. The zero-order chi connectivity index (χ0) is 13.6. The van der Waals surface area contributed by atoms with E-state index in [-0.39, 0.29) is 7.24 Å². The molecule has 2 aromatic rings. The highest BCUT2D eigenvalue weighted by Crippen LogP contribution is 2.31. The van der Waals surface area contributed by atoms with Gasteiger partial charge >= 0.3 is 1.43 Å². The van der Waals surface area contributed by atoms with Crippen molar-refractivity contribution in [1.82, 2.24) is 19.5 Å². The van der Waals surface area contributed by atoms with Gasteiger partial charge in [-0.1, -0.05) is 0 Å². The van der Waals surface area contributed by atoms with Crippen molar-refractivity contribution in [2.45, 2.75) is 24.5 Å². The van der Waals surface area contributed by atoms with Gasteiger partial charge in [-0.05, 0) is 0 Å². The molecule has 2 aromatic heterocycles. The minimum atomic E-state index is -1.19. The number of imidazole rings is 1. The monoisotopic (exact) mass is 268 g/mol. The van der Waals surface area contributed by atoms with Crippen LogP contribution >= 0.6 is 0 Å². The molecule has 0 saturated carbocycles. The number of anilines is 1. The van der Waals surface area contributed by atoms with Crippen molar-refractivity contribution in [3.63, 3.8) is 0 Å². The van der Waals surface area contributed by atoms with Gasteiger partial charge in [0.15, 0.2) is 17.7 Å². The molecule has 3 rings (SSSR count). The van der Waals surface area contributed by atoms with Crippen molar-refractivity contribution in [2.75, 3.05) is 12.3 Å². The van der Waals surface area contributed by atoms with Crippen LogP contribution in [0.25, 0.3) is 11.2 Å². The first-order chi connectivity index (χ1) is 9.13. The third-order valence-corrected chi connectivity index (χ3v) is 3.18. The summed E-state index contributed by atoms with van der Waals surface area (Å²) in [5.74, 6) is 0.218. The summed E-state index contributed by atoms with van der Waals surface area (Å²) in [7, 11) is 0. The van der Waals surface area contributed by atoms with Crippen LogP contribution in [0.1, 0.15) is 7.65 Å². The summed E-state index contributed by atoms with van der Waals surface area (Å²) in [6.07, 6.45) is -1.42. The molecule has 0 aromatic carbocycles. The van der Waals surface area contributed by atoms with E-state index < -0.39 is 31.1 Å². The van der Waals surface area contributed by atoms with E-state index in [2.05, 4.69) is 15.0 Å². The number of fused-ring (bicyclic) bond motifs is 1. The van der Waals surface area contributed by atoms with Gasteiger partial charge in [-0.15, -0.1) is 0 Å². The van der Waals surface area contributed by atoms with Crippen LogP contribution in [0.2, 0.25) is 0 Å². The van der Waals surface area contributed by atoms with Gasteiger partial charge < -0.3 is 25.8 Å². The summed E-state index contributed by atoms with van der Waals surface area (Å²) in [6.45, 7) is -0.390. The molecule has 0 aliphatic carbocycles. The molecule has 9 nitrogen and oxygen atoms in total. The predicted octanol–water partition coefficient (Wildman–Crippen LogP) is -1.87. The number of aliphatic hydroxyl groups excluding tert-OH is 3. The Bertz CT molecular complexity index is 608. The minimum Gasteiger partial charge on any atom is -0.394 e. The van der Waals surface area contributed by atoms with Crippen molar-refractivity contribution in [3.05, 3.63) is 12.7 Å². The van der Waals surface area contributed by atoms with Gasteiger partial charge in [-0.2, -0.15) is 0 Å². The number of hydrogen-bond acceptors (Lipinski definition) is 8. The van der Waals surface area contributed by atoms with Gasteiger partial charge in [0.1, 0.15) is 30.2 Å². The smallest absolute Gasteiger partial charge is 0.394 e. The second-order valence-corrected chi connectivity index (χ2v) is 4.31. The second kappa shape index (κ2) is 4.38. The van der Waals surface area contributed by atoms with Crippen molar-refractivity contribution < 1.29 is 21.5 Å². The zero-order valence-corrected chi connectivity index (χ0v) is 9.79. The largest absolute Gasteiger partial charge is 1.00 e. The minimum absolute atomic E-state index is 0. The Morgan fingerprint density at radius 2 is 2.11 bits per heavy atom. The fourth-order valence-electron chi connectivity index (χ4n) is 2.17. The SMILES string of the molecule is Nc1ncnc2c1ncn2[C@@H]1O[C@H](CO)[C@@H](O)[C@H]1O.[H+]. The van der Waals surface area contributed by atoms with Crippen LogP contribution in [0.4, 0.5) is 5.82 Å². The van der Waals surface area contributed by atoms with E-state index in [1.807, 2.05) is 0 Å². The van der Waals surface area contributed by atoms with E-state index >= 15 is 0 Å². The van der Waals surface area contributed by atoms with Crippen LogP contribution in [0.3, 0.4) is 0 Å². The lowest BCUT2D eigenvalue weighted by Crippen LogP contribution is -2.33. The molecule has 0 spiro atoms. The van der Waals surface area contributed by atoms with Crippen molar-refractivity contribution in [2.24, 2.45) is 0 Å². The van der Waals surface area contributed by atoms with Crippen LogP contribution in [0, 0.1) is 0 Å². The van der Waals surface area contributed by atoms with Crippen LogP contribution in [0.15, 0.2) is 12.7 Å². The Labute approximate surface area is 108 Å². The highest BCUT2D eigenvalue weighted by Gasteiger charge is 2.43. The molecule has 4 atom stereocenters. The number of aliphatic hydroxyl groups is 3. The number of ether oxygens (including phenoxy) is 1. The van der Waals surface area contributed by atoms with Crippen molar-refractivity contribution in [1.29, 1.82) is 0 Å². The Kier molecular flexibility index (Phi) is 2.82. The maximum Gasteiger partial charge on any atom is 1.00 e. The van der Waals surface area contributed by atoms with E-state index in [1.165, 1.54) is 17.2 Å². The Morgan fingerprint density at radius 3 is 2.79 bits per heavy atom. The van der Waals surface area contributed by atoms with Crippen LogP contribution in [-0.2, 0) is 4.74 Å². The standard InChI is InChI=1S/C10H13N5O4/c11-8-5-9(13-2-12-8)15(3-14-5)10-7(18)6(17)4(1-16)19-10/h2-4,6-7,10,16-18H,1H2,(H2,11,12,13)/p+1/t4-,6-,7-,10-/m1/s1. The summed E-state index contributed by atoms with van der Waals surface area (Å²) in [5, 5.41) is 28.7. The van der Waals surface area contributed by atoms with Crippen molar-refractivity contribution in [3.8, 4) is 0 Å². The highest BCUT2D eigenvalue weighted by molar-refractivity contribution is 5.81. The first-order valence-corrected chi connectivity index (χ1v) is 5.69. The quantitative estimate of drug-likeness (QED) is 0.497. The molecule has 9 heteroatoms. The van der Waals surface area contributed by atoms with Gasteiger partial charge in [0.05, 0.1) is 12.9 Å². The Morgan fingerprint density at radius 1 is 1.32 bits per heavy atom. The average molecular weight is 268 g/mol. The molecule has 0 radical (unpaired) electrons. The molecule has 1 aliphatic rings. The van der Waals surface area contributed by atoms with E-state index in [1.54, 1.807) is 0 Å². The summed E-state index contributed by atoms with van der Waals surface area (Å²) in [4.78, 5) is 11.9. The molecular formula is C10H14N5O4+. The molecule has 1 saturated heterocycles. The topological polar surface area (TPSA) is 140 Å². The molecule has 102 valence electrons. The van der Waals surface area contributed by atoms with Crippen LogP contribution in [-0.4, -0.2) is 59.8 Å². The molecule has 19 heavy (non-hydrogen) atoms. The number of nitrogens with zero attached hydrogens (tertiary/aromatic N) is 4. The number of rotatable bonds is 2. The first-order valence-electron chi connectivity index (χ1n) is 5.69. The van der Waals surface area contributed by atoms with E-state index in [9.17, 15) is 10.2 Å². The molecule has 0 amide bonds. The molecule has 0 bridgehead atoms. The zero-order valence-electron chi connectivity index (χ0n) is 10.8. The number of hydrogen-bond donors (Lipinski definition) is 4. The maximum absolute atomic E-state index is 9.95. The lowest BCUT2D eigenvalue weighted by atomic mass is 10.1. The van der Waals surface area contributed by atoms with E-state index in [0.717, 1.165) is 0 Å². The Balaban J connectivity index is 0.00000147. The van der Waals surface area contributed by atoms with Gasteiger partial charge in [0.25, 0.3) is 0 Å². The van der Waals surface area contributed by atoms with Gasteiger partial charge in [-0.3, -0.25) is 4.57 Å². The molecule has 0 unspecified atom stereocenters. The molecule has 3 heterocycles. The third kappa shape index (κ3) is 1.75. The molecule has 1 aliphatic heterocycles. The van der Waals surface area contributed by atoms with Crippen LogP contribution in [0.5, 0.6) is 0 Å². The molecule has 5 N–H and O–H groups in total. The number of nitrogens with two attached hydrogens (primary N) is 1. The van der Waals surface area contributed by atoms with Gasteiger partial charge in [0.2, 0.25) is 0 Å². The normalized spacial score (nSPS) is 31.1. The number of aromatic nitrogens is 4. The summed E-state index contributed by atoms with van der Waals surface area (Å²) >= 11 is 0. The highest BCUT2D eigenvalue weighted by atomic mass is 16.6. The fraction of sp³-hybridized carbons (Fsp3) is 0.500. The molecular weight excluding hydrogens is 254 g/mol. The predicted molar refractivity (Wildman–Crippen MR) is 63.9 cm³/mol. The first kappa shape index (κ1) is 12.2. The lowest BCUT2D eigenvalue weighted by molar-refractivity contribution is -0.0511. The van der Waals surface area contributed by atoms with Gasteiger partial charge in [0, 0.05) is 0 Å². The maximum atomic E-state index is 9.95. The van der Waals surface area contributed by atoms with E-state index in [4.69, 9.17) is 15.6 Å². The van der Waals surface area contributed by atoms with E-state index in [0.29, 0.717) is 11.2 Å². The summed E-state index contributed by atoms with van der Waals surface area (Å²) in [6, 6.07) is 0. The van der Waals surface area contributed by atoms with Gasteiger partial charge in [-0.25, -0.2) is 15.0 Å². The lowest BCUT2D eigenvalue weighted by Gasteiger charge is -2.16. The van der Waals surface area contributed by atoms with Crippen molar-refractivity contribution >= 4 is 17.0 Å². The second-order valence-electron chi connectivity index (χ2n) is 4.31. The average Bonchev–Trinajstić information content (AvgIpc) is 2.94. The fourth-order valence-corrected chi connectivity index (χ4v) is 2.17. The summed E-state index contributed by atoms with van der Waals surface area (Å²) < 4.78 is 6.85. The Hall–Kier alpha value is -1.81. The summed E-state index contributed by atoms with van der Waals surface area (Å²) in [5.41, 5.74) is 6.44. The van der Waals surface area contributed by atoms with Crippen LogP contribution < -0.4 is 5.73 Å². The molecule has 1 fully saturated rings.